The summed E-state index contributed by atoms with van der Waals surface area (Å²) in [6.07, 6.45) is 3.05. The Balaban J connectivity index is 2.14. The maximum Gasteiger partial charge on any atom is 0.269 e. The van der Waals surface area contributed by atoms with Crippen LogP contribution in [0.4, 0.5) is 11.4 Å². The smallest absolute Gasteiger partial charge is 0.269 e. The number of anilines is 1. The van der Waals surface area contributed by atoms with Gasteiger partial charge in [0.2, 0.25) is 5.91 Å². The minimum atomic E-state index is -0.471. The van der Waals surface area contributed by atoms with E-state index in [1.807, 2.05) is 25.1 Å². The van der Waals surface area contributed by atoms with E-state index in [9.17, 15) is 14.9 Å². The van der Waals surface area contributed by atoms with Gasteiger partial charge in [0.1, 0.15) is 5.75 Å². The van der Waals surface area contributed by atoms with Crippen molar-refractivity contribution in [3.05, 3.63) is 68.2 Å². The number of carbonyl (C=O) groups excluding carboxylic acids is 1. The van der Waals surface area contributed by atoms with Gasteiger partial charge in [-0.15, -0.1) is 0 Å². The van der Waals surface area contributed by atoms with Crippen LogP contribution in [0.25, 0.3) is 6.08 Å². The van der Waals surface area contributed by atoms with Gasteiger partial charge in [-0.2, -0.15) is 0 Å². The average Bonchev–Trinajstić information content (AvgIpc) is 2.57. The third-order valence-electron chi connectivity index (χ3n) is 3.36. The van der Waals surface area contributed by atoms with Gasteiger partial charge in [0.25, 0.3) is 5.69 Å². The number of rotatable bonds is 6. The van der Waals surface area contributed by atoms with Crippen LogP contribution in [0, 0.1) is 17.0 Å². The van der Waals surface area contributed by atoms with Crippen LogP contribution in [0.1, 0.15) is 18.1 Å². The number of nitrogens with one attached hydrogen (secondary N) is 1. The summed E-state index contributed by atoms with van der Waals surface area (Å²) in [6, 6.07) is 9.83. The Labute approximate surface area is 153 Å². The van der Waals surface area contributed by atoms with Crippen LogP contribution >= 0.6 is 15.9 Å². The van der Waals surface area contributed by atoms with E-state index in [0.717, 1.165) is 10.0 Å². The maximum atomic E-state index is 12.1. The van der Waals surface area contributed by atoms with Crippen LogP contribution in [-0.2, 0) is 4.79 Å². The molecule has 0 bridgehead atoms. The van der Waals surface area contributed by atoms with E-state index in [4.69, 9.17) is 4.74 Å². The molecule has 7 heteroatoms. The number of nitrogens with zero attached hydrogens (tertiary/aromatic N) is 1. The van der Waals surface area contributed by atoms with Gasteiger partial charge in [-0.3, -0.25) is 14.9 Å². The molecule has 2 rings (SSSR count). The standard InChI is InChI=1S/C18H17BrN2O4/c1-3-25-17-8-5-14(19)11-13(17)4-9-18(22)20-16-7-6-15(21(23)24)10-12(16)2/h4-11H,3H2,1-2H3,(H,20,22)/b9-4+. The summed E-state index contributed by atoms with van der Waals surface area (Å²) >= 11 is 3.39. The summed E-state index contributed by atoms with van der Waals surface area (Å²) in [5, 5.41) is 13.5. The van der Waals surface area contributed by atoms with E-state index in [-0.39, 0.29) is 11.6 Å². The predicted molar refractivity (Wildman–Crippen MR) is 101 cm³/mol. The fourth-order valence-corrected chi connectivity index (χ4v) is 2.56. The zero-order valence-electron chi connectivity index (χ0n) is 13.8. The SMILES string of the molecule is CCOc1ccc(Br)cc1/C=C/C(=O)Nc1ccc([N+](=O)[O-])cc1C. The monoisotopic (exact) mass is 404 g/mol. The number of carbonyl (C=O) groups is 1. The van der Waals surface area contributed by atoms with Crippen molar-refractivity contribution in [2.75, 3.05) is 11.9 Å². The zero-order valence-corrected chi connectivity index (χ0v) is 15.4. The number of halogens is 1. The van der Waals surface area contributed by atoms with Crippen molar-refractivity contribution in [1.82, 2.24) is 0 Å². The topological polar surface area (TPSA) is 81.5 Å². The fraction of sp³-hybridized carbons (Fsp3) is 0.167. The number of aryl methyl sites for hydroxylation is 1. The normalized spacial score (nSPS) is 10.7. The molecule has 0 atom stereocenters. The molecule has 25 heavy (non-hydrogen) atoms. The lowest BCUT2D eigenvalue weighted by molar-refractivity contribution is -0.384. The Hall–Kier alpha value is -2.67. The molecule has 0 aliphatic rings. The number of nitro groups is 1. The summed E-state index contributed by atoms with van der Waals surface area (Å²) in [4.78, 5) is 22.4. The quantitative estimate of drug-likeness (QED) is 0.429. The first-order chi connectivity index (χ1) is 11.9. The number of nitro benzene ring substituents is 1. The molecule has 130 valence electrons. The lowest BCUT2D eigenvalue weighted by Crippen LogP contribution is -2.09. The van der Waals surface area contributed by atoms with Crippen LogP contribution in [-0.4, -0.2) is 17.4 Å². The minimum Gasteiger partial charge on any atom is -0.493 e. The second-order valence-corrected chi connectivity index (χ2v) is 6.11. The predicted octanol–water partition coefficient (Wildman–Crippen LogP) is 4.72. The number of non-ortho nitro benzene ring substituents is 1. The highest BCUT2D eigenvalue weighted by Crippen LogP contribution is 2.25. The summed E-state index contributed by atoms with van der Waals surface area (Å²) < 4.78 is 6.41. The third kappa shape index (κ3) is 5.15. The maximum absolute atomic E-state index is 12.1. The summed E-state index contributed by atoms with van der Waals surface area (Å²) in [6.45, 7) is 4.12. The molecule has 2 aromatic carbocycles. The van der Waals surface area contributed by atoms with Crippen molar-refractivity contribution in [3.8, 4) is 5.75 Å². The average molecular weight is 405 g/mol. The van der Waals surface area contributed by atoms with E-state index in [2.05, 4.69) is 21.2 Å². The van der Waals surface area contributed by atoms with Gasteiger partial charge >= 0.3 is 0 Å². The number of amides is 1. The van der Waals surface area contributed by atoms with Crippen molar-refractivity contribution < 1.29 is 14.5 Å². The molecular weight excluding hydrogens is 388 g/mol. The Morgan fingerprint density at radius 3 is 2.72 bits per heavy atom. The molecule has 0 aliphatic carbocycles. The van der Waals surface area contributed by atoms with Crippen LogP contribution < -0.4 is 10.1 Å². The van der Waals surface area contributed by atoms with E-state index >= 15 is 0 Å². The van der Waals surface area contributed by atoms with Gasteiger partial charge in [0.05, 0.1) is 11.5 Å². The molecule has 6 nitrogen and oxygen atoms in total. The lowest BCUT2D eigenvalue weighted by atomic mass is 10.1. The van der Waals surface area contributed by atoms with E-state index < -0.39 is 4.92 Å². The van der Waals surface area contributed by atoms with E-state index in [1.54, 1.807) is 13.0 Å². The molecular formula is C18H17BrN2O4. The van der Waals surface area contributed by atoms with Gasteiger partial charge in [0.15, 0.2) is 0 Å². The van der Waals surface area contributed by atoms with Crippen molar-refractivity contribution in [3.63, 3.8) is 0 Å². The highest BCUT2D eigenvalue weighted by atomic mass is 79.9. The van der Waals surface area contributed by atoms with Gasteiger partial charge in [0, 0.05) is 33.9 Å². The Morgan fingerprint density at radius 1 is 1.32 bits per heavy atom. The number of hydrogen-bond donors (Lipinski definition) is 1. The number of hydrogen-bond acceptors (Lipinski definition) is 4. The molecule has 0 saturated heterocycles. The molecule has 1 amide bonds. The first-order valence-corrected chi connectivity index (χ1v) is 8.36. The first-order valence-electron chi connectivity index (χ1n) is 7.57. The number of benzene rings is 2. The highest BCUT2D eigenvalue weighted by molar-refractivity contribution is 9.10. The zero-order chi connectivity index (χ0) is 18.4. The molecule has 0 heterocycles. The Kier molecular flexibility index (Phi) is 6.30. The van der Waals surface area contributed by atoms with E-state index in [1.165, 1.54) is 24.3 Å². The van der Waals surface area contributed by atoms with Crippen molar-refractivity contribution in [1.29, 1.82) is 0 Å². The van der Waals surface area contributed by atoms with Crippen LogP contribution in [0.5, 0.6) is 5.75 Å². The first kappa shape index (κ1) is 18.7. The second-order valence-electron chi connectivity index (χ2n) is 5.19. The summed E-state index contributed by atoms with van der Waals surface area (Å²) in [5.41, 5.74) is 1.90. The lowest BCUT2D eigenvalue weighted by Gasteiger charge is -2.08. The Bertz CT molecular complexity index is 834. The fourth-order valence-electron chi connectivity index (χ4n) is 2.18. The van der Waals surface area contributed by atoms with Gasteiger partial charge in [-0.1, -0.05) is 15.9 Å². The van der Waals surface area contributed by atoms with Crippen LogP contribution in [0.3, 0.4) is 0 Å². The van der Waals surface area contributed by atoms with Crippen molar-refractivity contribution in [2.45, 2.75) is 13.8 Å². The molecule has 0 fully saturated rings. The molecule has 0 unspecified atom stereocenters. The van der Waals surface area contributed by atoms with E-state index in [0.29, 0.717) is 23.6 Å². The summed E-state index contributed by atoms with van der Waals surface area (Å²) in [7, 11) is 0. The van der Waals surface area contributed by atoms with Gasteiger partial charge < -0.3 is 10.1 Å². The van der Waals surface area contributed by atoms with Gasteiger partial charge in [-0.25, -0.2) is 0 Å². The highest BCUT2D eigenvalue weighted by Gasteiger charge is 2.09. The van der Waals surface area contributed by atoms with Crippen LogP contribution in [0.2, 0.25) is 0 Å². The largest absolute Gasteiger partial charge is 0.493 e. The molecule has 1 N–H and O–H groups in total. The molecule has 0 radical (unpaired) electrons. The third-order valence-corrected chi connectivity index (χ3v) is 3.86. The molecule has 0 aliphatic heterocycles. The second kappa shape index (κ2) is 8.43. The molecule has 0 spiro atoms. The molecule has 0 saturated carbocycles. The molecule has 0 aromatic heterocycles. The summed E-state index contributed by atoms with van der Waals surface area (Å²) in [5.74, 6) is 0.348. The van der Waals surface area contributed by atoms with Crippen molar-refractivity contribution >= 4 is 39.3 Å². The number of ether oxygens (including phenoxy) is 1. The van der Waals surface area contributed by atoms with Crippen LogP contribution in [0.15, 0.2) is 46.9 Å². The minimum absolute atomic E-state index is 0.0125. The van der Waals surface area contributed by atoms with Gasteiger partial charge in [-0.05, 0) is 49.8 Å². The van der Waals surface area contributed by atoms with Crippen molar-refractivity contribution in [2.24, 2.45) is 0 Å². The Morgan fingerprint density at radius 2 is 2.08 bits per heavy atom. The molecule has 2 aromatic rings.